The Kier molecular flexibility index (Phi) is 3.70. The summed E-state index contributed by atoms with van der Waals surface area (Å²) in [6, 6.07) is 4.52. The van der Waals surface area contributed by atoms with Gasteiger partial charge in [0, 0.05) is 0 Å². The van der Waals surface area contributed by atoms with Crippen LogP contribution in [0.25, 0.3) is 0 Å². The third-order valence-corrected chi connectivity index (χ3v) is 3.78. The molecule has 132 valence electrons. The molecule has 9 heteroatoms. The van der Waals surface area contributed by atoms with Crippen LogP contribution < -0.4 is 4.90 Å². The second kappa shape index (κ2) is 5.40. The molecular weight excluding hydrogens is 352 g/mol. The molecule has 3 rings (SSSR count). The fraction of sp³-hybridized carbons (Fsp3) is 0.188. The van der Waals surface area contributed by atoms with E-state index >= 15 is 0 Å². The van der Waals surface area contributed by atoms with Crippen molar-refractivity contribution in [3.8, 4) is 5.75 Å². The number of nitrogens with zero attached hydrogens (tertiary/aromatic N) is 1. The molecule has 0 atom stereocenters. The van der Waals surface area contributed by atoms with Gasteiger partial charge in [0.1, 0.15) is 5.75 Å². The molecule has 0 radical (unpaired) electrons. The van der Waals surface area contributed by atoms with Crippen molar-refractivity contribution in [1.82, 2.24) is 0 Å². The number of rotatable bonds is 1. The average Bonchev–Trinajstić information content (AvgIpc) is 2.80. The number of carbonyl (C=O) groups is 1. The number of anilines is 2. The van der Waals surface area contributed by atoms with Crippen molar-refractivity contribution in [2.45, 2.75) is 18.8 Å². The van der Waals surface area contributed by atoms with E-state index in [0.29, 0.717) is 12.1 Å². The van der Waals surface area contributed by atoms with E-state index in [2.05, 4.69) is 0 Å². The van der Waals surface area contributed by atoms with E-state index in [4.69, 9.17) is 0 Å². The van der Waals surface area contributed by atoms with Crippen molar-refractivity contribution >= 4 is 17.3 Å². The molecule has 1 amide bonds. The maximum Gasteiger partial charge on any atom is 0.416 e. The molecule has 0 bridgehead atoms. The number of fused-ring (bicyclic) bond motifs is 1. The number of benzene rings is 2. The van der Waals surface area contributed by atoms with Crippen LogP contribution in [0.15, 0.2) is 36.4 Å². The number of hydrogen-bond acceptors (Lipinski definition) is 2. The first-order chi connectivity index (χ1) is 11.5. The zero-order valence-corrected chi connectivity index (χ0v) is 12.2. The monoisotopic (exact) mass is 361 g/mol. The van der Waals surface area contributed by atoms with Gasteiger partial charge in [-0.2, -0.15) is 26.3 Å². The summed E-state index contributed by atoms with van der Waals surface area (Å²) in [7, 11) is 0. The lowest BCUT2D eigenvalue weighted by molar-refractivity contribution is -0.138. The van der Waals surface area contributed by atoms with Crippen molar-refractivity contribution in [3.05, 3.63) is 53.1 Å². The molecule has 0 unspecified atom stereocenters. The lowest BCUT2D eigenvalue weighted by Crippen LogP contribution is -2.21. The molecule has 1 aliphatic heterocycles. The Bertz CT molecular complexity index is 857. The lowest BCUT2D eigenvalue weighted by Gasteiger charge is -2.20. The molecule has 0 aliphatic carbocycles. The third-order valence-electron chi connectivity index (χ3n) is 3.78. The van der Waals surface area contributed by atoms with E-state index in [1.807, 2.05) is 0 Å². The van der Waals surface area contributed by atoms with E-state index < -0.39 is 47.2 Å². The van der Waals surface area contributed by atoms with Crippen LogP contribution in [0, 0.1) is 0 Å². The van der Waals surface area contributed by atoms with Crippen molar-refractivity contribution in [2.24, 2.45) is 0 Å². The van der Waals surface area contributed by atoms with Gasteiger partial charge in [0.15, 0.2) is 0 Å². The Hall–Kier alpha value is -2.71. The highest BCUT2D eigenvalue weighted by molar-refractivity contribution is 6.08. The second-order valence-corrected chi connectivity index (χ2v) is 5.45. The fourth-order valence-corrected chi connectivity index (χ4v) is 2.64. The van der Waals surface area contributed by atoms with Crippen LogP contribution in [-0.4, -0.2) is 11.0 Å². The Labute approximate surface area is 137 Å². The van der Waals surface area contributed by atoms with Crippen LogP contribution >= 0.6 is 0 Å². The van der Waals surface area contributed by atoms with Gasteiger partial charge in [0.05, 0.1) is 28.9 Å². The molecule has 25 heavy (non-hydrogen) atoms. The van der Waals surface area contributed by atoms with Crippen LogP contribution in [0.3, 0.4) is 0 Å². The molecule has 0 fully saturated rings. The minimum Gasteiger partial charge on any atom is -0.506 e. The van der Waals surface area contributed by atoms with Crippen LogP contribution in [0.2, 0.25) is 0 Å². The van der Waals surface area contributed by atoms with Gasteiger partial charge in [-0.15, -0.1) is 0 Å². The maximum absolute atomic E-state index is 12.9. The largest absolute Gasteiger partial charge is 0.506 e. The Morgan fingerprint density at radius 3 is 2.00 bits per heavy atom. The molecular formula is C16H9F6NO2. The van der Waals surface area contributed by atoms with Gasteiger partial charge in [-0.1, -0.05) is 0 Å². The van der Waals surface area contributed by atoms with Crippen LogP contribution in [-0.2, 0) is 23.6 Å². The standard InChI is InChI=1S/C16H9F6NO2/c17-15(18,19)9-1-3-11-8(5-9)6-14(25)23(11)12-7-10(16(20,21)22)2-4-13(12)24/h1-5,7,24H,6H2. The zero-order chi connectivity index (χ0) is 18.6. The minimum absolute atomic E-state index is 0.00706. The van der Waals surface area contributed by atoms with Crippen LogP contribution in [0.4, 0.5) is 37.7 Å². The van der Waals surface area contributed by atoms with Gasteiger partial charge >= 0.3 is 12.4 Å². The number of phenolic OH excluding ortho intramolecular Hbond substituents is 1. The van der Waals surface area contributed by atoms with Crippen LogP contribution in [0.1, 0.15) is 16.7 Å². The van der Waals surface area contributed by atoms with Crippen molar-refractivity contribution in [1.29, 1.82) is 0 Å². The number of amides is 1. The van der Waals surface area contributed by atoms with E-state index in [0.717, 1.165) is 29.2 Å². The first-order valence-electron chi connectivity index (χ1n) is 6.92. The van der Waals surface area contributed by atoms with Crippen molar-refractivity contribution < 1.29 is 36.2 Å². The summed E-state index contributed by atoms with van der Waals surface area (Å²) < 4.78 is 76.8. The summed E-state index contributed by atoms with van der Waals surface area (Å²) in [4.78, 5) is 12.9. The highest BCUT2D eigenvalue weighted by atomic mass is 19.4. The van der Waals surface area contributed by atoms with E-state index in [1.54, 1.807) is 0 Å². The number of halogens is 6. The smallest absolute Gasteiger partial charge is 0.416 e. The molecule has 0 aromatic heterocycles. The number of carbonyl (C=O) groups excluding carboxylic acids is 1. The second-order valence-electron chi connectivity index (χ2n) is 5.45. The SMILES string of the molecule is O=C1Cc2cc(C(F)(F)F)ccc2N1c1cc(C(F)(F)F)ccc1O. The highest BCUT2D eigenvalue weighted by Gasteiger charge is 2.37. The average molecular weight is 361 g/mol. The summed E-state index contributed by atoms with van der Waals surface area (Å²) in [5.41, 5.74) is -2.45. The van der Waals surface area contributed by atoms with E-state index in [1.165, 1.54) is 0 Å². The molecule has 2 aromatic rings. The first-order valence-corrected chi connectivity index (χ1v) is 6.92. The van der Waals surface area contributed by atoms with Crippen molar-refractivity contribution in [3.63, 3.8) is 0 Å². The molecule has 1 heterocycles. The summed E-state index contributed by atoms with van der Waals surface area (Å²) in [5, 5.41) is 9.85. The molecule has 0 saturated heterocycles. The normalized spacial score (nSPS) is 14.8. The zero-order valence-electron chi connectivity index (χ0n) is 12.2. The fourth-order valence-electron chi connectivity index (χ4n) is 2.64. The quantitative estimate of drug-likeness (QED) is 0.751. The van der Waals surface area contributed by atoms with Gasteiger partial charge in [0.2, 0.25) is 5.91 Å². The lowest BCUT2D eigenvalue weighted by atomic mass is 10.1. The molecule has 1 N–H and O–H groups in total. The number of phenols is 1. The number of aromatic hydroxyl groups is 1. The maximum atomic E-state index is 12.9. The number of hydrogen-bond donors (Lipinski definition) is 1. The third kappa shape index (κ3) is 3.01. The molecule has 0 saturated carbocycles. The number of alkyl halides is 6. The van der Waals surface area contributed by atoms with Gasteiger partial charge < -0.3 is 5.11 Å². The summed E-state index contributed by atoms with van der Waals surface area (Å²) in [6.07, 6.45) is -9.72. The molecule has 0 spiro atoms. The van der Waals surface area contributed by atoms with Crippen LogP contribution in [0.5, 0.6) is 5.75 Å². The Morgan fingerprint density at radius 1 is 0.840 bits per heavy atom. The molecule has 3 nitrogen and oxygen atoms in total. The predicted molar refractivity (Wildman–Crippen MR) is 75.4 cm³/mol. The summed E-state index contributed by atoms with van der Waals surface area (Å²) in [6.45, 7) is 0. The van der Waals surface area contributed by atoms with Gasteiger partial charge in [-0.05, 0) is 42.0 Å². The molecule has 1 aliphatic rings. The van der Waals surface area contributed by atoms with Gasteiger partial charge in [-0.25, -0.2) is 0 Å². The summed E-state index contributed by atoms with van der Waals surface area (Å²) >= 11 is 0. The van der Waals surface area contributed by atoms with Gasteiger partial charge in [-0.3, -0.25) is 9.69 Å². The van der Waals surface area contributed by atoms with Gasteiger partial charge in [0.25, 0.3) is 0 Å². The molecule has 2 aromatic carbocycles. The topological polar surface area (TPSA) is 40.5 Å². The first kappa shape index (κ1) is 17.1. The van der Waals surface area contributed by atoms with E-state index in [9.17, 15) is 36.2 Å². The Balaban J connectivity index is 2.11. The van der Waals surface area contributed by atoms with Crippen molar-refractivity contribution in [2.75, 3.05) is 4.90 Å². The summed E-state index contributed by atoms with van der Waals surface area (Å²) in [5.74, 6) is -1.32. The Morgan fingerprint density at radius 2 is 1.40 bits per heavy atom. The minimum atomic E-state index is -4.70. The van der Waals surface area contributed by atoms with E-state index in [-0.39, 0.29) is 11.3 Å². The predicted octanol–water partition coefficient (Wildman–Crippen LogP) is 4.65. The highest BCUT2D eigenvalue weighted by Crippen LogP contribution is 2.44.